The number of rotatable bonds is 2. The third kappa shape index (κ3) is 2.31. The van der Waals surface area contributed by atoms with E-state index in [1.165, 1.54) is 0 Å². The van der Waals surface area contributed by atoms with Gasteiger partial charge in [0.25, 0.3) is 0 Å². The number of nitrogens with one attached hydrogen (secondary N) is 1. The molecule has 1 aromatic carbocycles. The van der Waals surface area contributed by atoms with Crippen LogP contribution in [-0.4, -0.2) is 21.1 Å². The first-order valence-electron chi connectivity index (χ1n) is 4.36. The molecule has 2 rings (SSSR count). The molecule has 14 heavy (non-hydrogen) atoms. The Morgan fingerprint density at radius 3 is 2.64 bits per heavy atom. The molecule has 0 amide bonds. The summed E-state index contributed by atoms with van der Waals surface area (Å²) in [7, 11) is -3.47. The van der Waals surface area contributed by atoms with E-state index in [0.717, 1.165) is 5.56 Å². The Bertz CT molecular complexity index is 401. The van der Waals surface area contributed by atoms with Gasteiger partial charge in [0.15, 0.2) is 0 Å². The molecule has 0 unspecified atom stereocenters. The van der Waals surface area contributed by atoms with Crippen molar-refractivity contribution < 1.29 is 12.6 Å². The predicted molar refractivity (Wildman–Crippen MR) is 51.9 cm³/mol. The Morgan fingerprint density at radius 2 is 2.07 bits per heavy atom. The molecule has 0 radical (unpaired) electrons. The fourth-order valence-electron chi connectivity index (χ4n) is 1.44. The highest BCUT2D eigenvalue weighted by Gasteiger charge is 2.27. The summed E-state index contributed by atoms with van der Waals surface area (Å²) in [5, 5.41) is 0. The van der Waals surface area contributed by atoms with E-state index in [-0.39, 0.29) is 12.6 Å². The van der Waals surface area contributed by atoms with Crippen LogP contribution in [0.15, 0.2) is 30.3 Å². The molecule has 4 nitrogen and oxygen atoms in total. The topological polar surface area (TPSA) is 55.4 Å². The van der Waals surface area contributed by atoms with Gasteiger partial charge in [0.2, 0.25) is 0 Å². The van der Waals surface area contributed by atoms with Gasteiger partial charge in [-0.25, -0.2) is 0 Å². The van der Waals surface area contributed by atoms with E-state index >= 15 is 0 Å². The molecule has 1 aliphatic rings. The minimum absolute atomic E-state index is 0.137. The second kappa shape index (κ2) is 3.68. The highest BCUT2D eigenvalue weighted by atomic mass is 32.2. The lowest BCUT2D eigenvalue weighted by molar-refractivity contribution is 0.335. The Kier molecular flexibility index (Phi) is 2.54. The molecule has 1 aromatic rings. The normalized spacial score (nSPS) is 25.0. The van der Waals surface area contributed by atoms with E-state index in [4.69, 9.17) is 0 Å². The molecule has 76 valence electrons. The Morgan fingerprint density at radius 1 is 1.36 bits per heavy atom. The van der Waals surface area contributed by atoms with E-state index < -0.39 is 10.3 Å². The van der Waals surface area contributed by atoms with Crippen LogP contribution >= 0.6 is 0 Å². The van der Waals surface area contributed by atoms with Crippen molar-refractivity contribution in [2.45, 2.75) is 12.5 Å². The van der Waals surface area contributed by atoms with Gasteiger partial charge in [0, 0.05) is 0 Å². The minimum Gasteiger partial charge on any atom is -0.256 e. The van der Waals surface area contributed by atoms with Gasteiger partial charge in [0.05, 0.1) is 12.6 Å². The van der Waals surface area contributed by atoms with Crippen LogP contribution < -0.4 is 4.72 Å². The molecule has 1 saturated heterocycles. The zero-order valence-electron chi connectivity index (χ0n) is 7.51. The van der Waals surface area contributed by atoms with Crippen molar-refractivity contribution in [2.75, 3.05) is 6.61 Å². The summed E-state index contributed by atoms with van der Waals surface area (Å²) in [6.45, 7) is 0.219. The fourth-order valence-corrected chi connectivity index (χ4v) is 2.41. The largest absolute Gasteiger partial charge is 0.336 e. The summed E-state index contributed by atoms with van der Waals surface area (Å²) in [4.78, 5) is 0. The summed E-state index contributed by atoms with van der Waals surface area (Å²) in [5.41, 5.74) is 1.10. The predicted octanol–water partition coefficient (Wildman–Crippen LogP) is 0.462. The van der Waals surface area contributed by atoms with Gasteiger partial charge in [-0.2, -0.15) is 13.1 Å². The maximum atomic E-state index is 10.9. The quantitative estimate of drug-likeness (QED) is 0.776. The van der Waals surface area contributed by atoms with Gasteiger partial charge in [-0.1, -0.05) is 30.3 Å². The number of benzene rings is 1. The van der Waals surface area contributed by atoms with Crippen LogP contribution in [0.3, 0.4) is 0 Å². The number of hydrogen-bond acceptors (Lipinski definition) is 3. The van der Waals surface area contributed by atoms with Crippen molar-refractivity contribution in [3.63, 3.8) is 0 Å². The standard InChI is InChI=1S/C9H11NO3S/c11-14(12)10-9(7-13-14)6-8-4-2-1-3-5-8/h1-5,9-10H,6-7H2/t9-/m0/s1. The molecule has 1 atom stereocenters. The van der Waals surface area contributed by atoms with Crippen LogP contribution in [0, 0.1) is 0 Å². The lowest BCUT2D eigenvalue weighted by Crippen LogP contribution is -2.28. The van der Waals surface area contributed by atoms with E-state index in [2.05, 4.69) is 8.91 Å². The molecule has 1 aliphatic heterocycles. The van der Waals surface area contributed by atoms with Crippen molar-refractivity contribution in [3.05, 3.63) is 35.9 Å². The lowest BCUT2D eigenvalue weighted by atomic mass is 10.1. The van der Waals surface area contributed by atoms with Crippen molar-refractivity contribution >= 4 is 10.3 Å². The van der Waals surface area contributed by atoms with Crippen molar-refractivity contribution in [3.8, 4) is 0 Å². The van der Waals surface area contributed by atoms with Gasteiger partial charge in [-0.15, -0.1) is 0 Å². The summed E-state index contributed by atoms with van der Waals surface area (Å²) in [6, 6.07) is 9.58. The molecular weight excluding hydrogens is 202 g/mol. The van der Waals surface area contributed by atoms with Crippen LogP contribution in [0.5, 0.6) is 0 Å². The Labute approximate surface area is 83.2 Å². The highest BCUT2D eigenvalue weighted by molar-refractivity contribution is 7.85. The third-order valence-corrected chi connectivity index (χ3v) is 3.13. The zero-order chi connectivity index (χ0) is 10.0. The van der Waals surface area contributed by atoms with Gasteiger partial charge in [-0.3, -0.25) is 4.18 Å². The van der Waals surface area contributed by atoms with Crippen LogP contribution in [0.1, 0.15) is 5.56 Å². The van der Waals surface area contributed by atoms with E-state index in [1.807, 2.05) is 30.3 Å². The SMILES string of the molecule is O=S1(=O)N[C@@H](Cc2ccccc2)CO1. The van der Waals surface area contributed by atoms with Crippen molar-refractivity contribution in [1.29, 1.82) is 0 Å². The van der Waals surface area contributed by atoms with Gasteiger partial charge < -0.3 is 0 Å². The lowest BCUT2D eigenvalue weighted by Gasteiger charge is -2.05. The first-order valence-corrected chi connectivity index (χ1v) is 5.77. The molecule has 0 aromatic heterocycles. The molecule has 0 saturated carbocycles. The van der Waals surface area contributed by atoms with Gasteiger partial charge in [-0.05, 0) is 12.0 Å². The van der Waals surface area contributed by atoms with Gasteiger partial charge in [0.1, 0.15) is 0 Å². The summed E-state index contributed by atoms with van der Waals surface area (Å²) < 4.78 is 28.8. The molecule has 5 heteroatoms. The average Bonchev–Trinajstić information content (AvgIpc) is 2.47. The zero-order valence-corrected chi connectivity index (χ0v) is 8.33. The molecule has 1 N–H and O–H groups in total. The maximum absolute atomic E-state index is 10.9. The molecule has 0 bridgehead atoms. The minimum atomic E-state index is -3.47. The van der Waals surface area contributed by atoms with Crippen LogP contribution in [-0.2, 0) is 20.9 Å². The van der Waals surface area contributed by atoms with Crippen molar-refractivity contribution in [2.24, 2.45) is 0 Å². The van der Waals surface area contributed by atoms with E-state index in [1.54, 1.807) is 0 Å². The summed E-state index contributed by atoms with van der Waals surface area (Å²) in [5.74, 6) is 0. The van der Waals surface area contributed by atoms with E-state index in [0.29, 0.717) is 6.42 Å². The number of hydrogen-bond donors (Lipinski definition) is 1. The smallest absolute Gasteiger partial charge is 0.256 e. The molecule has 0 spiro atoms. The monoisotopic (exact) mass is 213 g/mol. The molecular formula is C9H11NO3S. The summed E-state index contributed by atoms with van der Waals surface area (Å²) in [6.07, 6.45) is 0.667. The Balaban J connectivity index is 2.01. The van der Waals surface area contributed by atoms with Crippen LogP contribution in [0.4, 0.5) is 0 Å². The summed E-state index contributed by atoms with van der Waals surface area (Å²) >= 11 is 0. The third-order valence-electron chi connectivity index (χ3n) is 2.06. The van der Waals surface area contributed by atoms with Crippen LogP contribution in [0.25, 0.3) is 0 Å². The maximum Gasteiger partial charge on any atom is 0.336 e. The first-order chi connectivity index (χ1) is 6.66. The van der Waals surface area contributed by atoms with Crippen LogP contribution in [0.2, 0.25) is 0 Å². The fraction of sp³-hybridized carbons (Fsp3) is 0.333. The molecule has 0 aliphatic carbocycles. The first kappa shape index (κ1) is 9.64. The highest BCUT2D eigenvalue weighted by Crippen LogP contribution is 2.10. The Hall–Kier alpha value is -0.910. The average molecular weight is 213 g/mol. The molecule has 1 fully saturated rings. The van der Waals surface area contributed by atoms with Crippen molar-refractivity contribution in [1.82, 2.24) is 4.72 Å². The van der Waals surface area contributed by atoms with E-state index in [9.17, 15) is 8.42 Å². The second-order valence-electron chi connectivity index (χ2n) is 3.24. The van der Waals surface area contributed by atoms with Gasteiger partial charge >= 0.3 is 10.3 Å². The molecule has 1 heterocycles. The second-order valence-corrected chi connectivity index (χ2v) is 4.62.